The molecule has 0 N–H and O–H groups in total. The van der Waals surface area contributed by atoms with Crippen LogP contribution in [-0.4, -0.2) is 46.5 Å². The number of carbonyl (C=O) groups excluding carboxylic acids is 1. The van der Waals surface area contributed by atoms with E-state index < -0.39 is 6.67 Å². The third kappa shape index (κ3) is 4.06. The Kier molecular flexibility index (Phi) is 5.35. The maximum absolute atomic E-state index is 12.4. The minimum absolute atomic E-state index is 0.0827. The smallest absolute Gasteiger partial charge is 0.274 e. The van der Waals surface area contributed by atoms with Gasteiger partial charge < -0.3 is 9.64 Å². The number of amides is 1. The van der Waals surface area contributed by atoms with Crippen LogP contribution >= 0.6 is 11.6 Å². The number of ether oxygens (including phenoxy) is 1. The molecule has 0 saturated carbocycles. The predicted octanol–water partition coefficient (Wildman–Crippen LogP) is 3.19. The van der Waals surface area contributed by atoms with Crippen LogP contribution < -0.4 is 4.74 Å². The van der Waals surface area contributed by atoms with Gasteiger partial charge in [-0.1, -0.05) is 11.6 Å². The van der Waals surface area contributed by atoms with Gasteiger partial charge in [0.25, 0.3) is 5.91 Å². The number of aryl methyl sites for hydroxylation is 1. The molecule has 1 aromatic carbocycles. The Hall–Kier alpha value is -2.08. The van der Waals surface area contributed by atoms with Crippen LogP contribution in [0.1, 0.15) is 23.3 Å². The Morgan fingerprint density at radius 2 is 1.96 bits per heavy atom. The van der Waals surface area contributed by atoms with Crippen molar-refractivity contribution in [2.24, 2.45) is 0 Å². The van der Waals surface area contributed by atoms with Crippen molar-refractivity contribution >= 4 is 17.5 Å². The molecule has 1 fully saturated rings. The SMILES string of the molecule is O=C(c1ccn(CCF)n1)N1CCC(Oc2ccc(Cl)cc2)CC1. The van der Waals surface area contributed by atoms with Gasteiger partial charge in [-0.2, -0.15) is 5.10 Å². The Labute approximate surface area is 145 Å². The lowest BCUT2D eigenvalue weighted by Crippen LogP contribution is -2.42. The highest BCUT2D eigenvalue weighted by Crippen LogP contribution is 2.21. The van der Waals surface area contributed by atoms with Crippen molar-refractivity contribution in [3.63, 3.8) is 0 Å². The molecule has 1 aliphatic heterocycles. The lowest BCUT2D eigenvalue weighted by molar-refractivity contribution is 0.0589. The molecule has 2 aromatic rings. The maximum atomic E-state index is 12.4. The molecule has 0 bridgehead atoms. The van der Waals surface area contributed by atoms with E-state index in [2.05, 4.69) is 5.10 Å². The quantitative estimate of drug-likeness (QED) is 0.831. The zero-order valence-electron chi connectivity index (χ0n) is 13.2. The lowest BCUT2D eigenvalue weighted by Gasteiger charge is -2.31. The van der Waals surface area contributed by atoms with Crippen LogP contribution in [0, 0.1) is 0 Å². The third-order valence-corrected chi connectivity index (χ3v) is 4.27. The highest BCUT2D eigenvalue weighted by atomic mass is 35.5. The van der Waals surface area contributed by atoms with Gasteiger partial charge in [-0.25, -0.2) is 4.39 Å². The van der Waals surface area contributed by atoms with Crippen molar-refractivity contribution in [3.8, 4) is 5.75 Å². The normalized spacial score (nSPS) is 15.5. The van der Waals surface area contributed by atoms with Gasteiger partial charge in [-0.15, -0.1) is 0 Å². The van der Waals surface area contributed by atoms with Crippen molar-refractivity contribution in [1.29, 1.82) is 0 Å². The van der Waals surface area contributed by atoms with E-state index >= 15 is 0 Å². The standard InChI is InChI=1S/C17H19ClFN3O2/c18-13-1-3-14(4-2-13)24-15-5-9-21(10-6-15)17(23)16-7-11-22(20-16)12-8-19/h1-4,7,11,15H,5-6,8-10,12H2. The number of alkyl halides is 1. The summed E-state index contributed by atoms with van der Waals surface area (Å²) in [7, 11) is 0. The fourth-order valence-corrected chi connectivity index (χ4v) is 2.86. The first-order valence-electron chi connectivity index (χ1n) is 7.96. The van der Waals surface area contributed by atoms with Crippen molar-refractivity contribution in [2.75, 3.05) is 19.8 Å². The van der Waals surface area contributed by atoms with Crippen LogP contribution in [0.4, 0.5) is 4.39 Å². The van der Waals surface area contributed by atoms with Crippen LogP contribution in [0.2, 0.25) is 5.02 Å². The molecule has 1 saturated heterocycles. The third-order valence-electron chi connectivity index (χ3n) is 4.02. The minimum atomic E-state index is -0.497. The zero-order chi connectivity index (χ0) is 16.9. The fraction of sp³-hybridized carbons (Fsp3) is 0.412. The van der Waals surface area contributed by atoms with Gasteiger partial charge in [0.15, 0.2) is 0 Å². The number of piperidine rings is 1. The summed E-state index contributed by atoms with van der Waals surface area (Å²) >= 11 is 5.86. The molecule has 0 radical (unpaired) electrons. The maximum Gasteiger partial charge on any atom is 0.274 e. The second-order valence-corrected chi connectivity index (χ2v) is 6.15. The molecule has 2 heterocycles. The Morgan fingerprint density at radius 1 is 1.25 bits per heavy atom. The molecular weight excluding hydrogens is 333 g/mol. The monoisotopic (exact) mass is 351 g/mol. The van der Waals surface area contributed by atoms with E-state index in [-0.39, 0.29) is 18.6 Å². The van der Waals surface area contributed by atoms with Crippen LogP contribution in [0.5, 0.6) is 5.75 Å². The number of likely N-dealkylation sites (tertiary alicyclic amines) is 1. The molecule has 0 atom stereocenters. The average molecular weight is 352 g/mol. The van der Waals surface area contributed by atoms with Gasteiger partial charge in [-0.05, 0) is 30.3 Å². The van der Waals surface area contributed by atoms with Gasteiger partial charge in [0.05, 0.1) is 6.54 Å². The Balaban J connectivity index is 1.52. The molecule has 0 spiro atoms. The molecular formula is C17H19ClFN3O2. The minimum Gasteiger partial charge on any atom is -0.490 e. The van der Waals surface area contributed by atoms with E-state index in [4.69, 9.17) is 16.3 Å². The summed E-state index contributed by atoms with van der Waals surface area (Å²) in [5.41, 5.74) is 0.362. The molecule has 5 nitrogen and oxygen atoms in total. The van der Waals surface area contributed by atoms with E-state index in [1.54, 1.807) is 29.3 Å². The van der Waals surface area contributed by atoms with E-state index in [1.165, 1.54) is 4.68 Å². The van der Waals surface area contributed by atoms with Crippen LogP contribution in [-0.2, 0) is 6.54 Å². The molecule has 0 aliphatic carbocycles. The summed E-state index contributed by atoms with van der Waals surface area (Å²) in [5.74, 6) is 0.673. The van der Waals surface area contributed by atoms with Crippen molar-refractivity contribution in [2.45, 2.75) is 25.5 Å². The Morgan fingerprint density at radius 3 is 2.62 bits per heavy atom. The van der Waals surface area contributed by atoms with Crippen molar-refractivity contribution in [1.82, 2.24) is 14.7 Å². The van der Waals surface area contributed by atoms with E-state index in [0.29, 0.717) is 23.8 Å². The van der Waals surface area contributed by atoms with Crippen LogP contribution in [0.3, 0.4) is 0 Å². The first-order chi connectivity index (χ1) is 11.7. The molecule has 24 heavy (non-hydrogen) atoms. The van der Waals surface area contributed by atoms with Crippen LogP contribution in [0.25, 0.3) is 0 Å². The average Bonchev–Trinajstić information content (AvgIpc) is 3.06. The Bertz CT molecular complexity index is 681. The van der Waals surface area contributed by atoms with Gasteiger partial charge >= 0.3 is 0 Å². The number of carbonyl (C=O) groups is 1. The fourth-order valence-electron chi connectivity index (χ4n) is 2.73. The summed E-state index contributed by atoms with van der Waals surface area (Å²) in [6, 6.07) is 8.91. The number of halogens is 2. The predicted molar refractivity (Wildman–Crippen MR) is 89.2 cm³/mol. The summed E-state index contributed by atoms with van der Waals surface area (Å²) < 4.78 is 19.7. The molecule has 128 valence electrons. The van der Waals surface area contributed by atoms with Gasteiger partial charge in [0, 0.05) is 37.2 Å². The number of hydrogen-bond donors (Lipinski definition) is 0. The van der Waals surface area contributed by atoms with E-state index in [0.717, 1.165) is 18.6 Å². The highest BCUT2D eigenvalue weighted by molar-refractivity contribution is 6.30. The summed E-state index contributed by atoms with van der Waals surface area (Å²) in [5, 5.41) is 4.79. The summed E-state index contributed by atoms with van der Waals surface area (Å²) in [6.07, 6.45) is 3.24. The summed E-state index contributed by atoms with van der Waals surface area (Å²) in [6.45, 7) is 0.910. The van der Waals surface area contributed by atoms with Crippen LogP contribution in [0.15, 0.2) is 36.5 Å². The molecule has 1 aliphatic rings. The molecule has 1 amide bonds. The summed E-state index contributed by atoms with van der Waals surface area (Å²) in [4.78, 5) is 14.2. The van der Waals surface area contributed by atoms with Gasteiger partial charge in [-0.3, -0.25) is 9.48 Å². The van der Waals surface area contributed by atoms with Gasteiger partial charge in [0.2, 0.25) is 0 Å². The molecule has 3 rings (SSSR count). The number of aromatic nitrogens is 2. The topological polar surface area (TPSA) is 47.4 Å². The van der Waals surface area contributed by atoms with E-state index in [9.17, 15) is 9.18 Å². The lowest BCUT2D eigenvalue weighted by atomic mass is 10.1. The zero-order valence-corrected chi connectivity index (χ0v) is 14.0. The largest absolute Gasteiger partial charge is 0.490 e. The first-order valence-corrected chi connectivity index (χ1v) is 8.34. The number of hydrogen-bond acceptors (Lipinski definition) is 3. The highest BCUT2D eigenvalue weighted by Gasteiger charge is 2.25. The molecule has 7 heteroatoms. The second kappa shape index (κ2) is 7.66. The van der Waals surface area contributed by atoms with Gasteiger partial charge in [0.1, 0.15) is 24.2 Å². The number of benzene rings is 1. The number of nitrogens with zero attached hydrogens (tertiary/aromatic N) is 3. The molecule has 1 aromatic heterocycles. The van der Waals surface area contributed by atoms with Crippen molar-refractivity contribution in [3.05, 3.63) is 47.2 Å². The van der Waals surface area contributed by atoms with E-state index in [1.807, 2.05) is 12.1 Å². The first kappa shape index (κ1) is 16.8. The van der Waals surface area contributed by atoms with Crippen molar-refractivity contribution < 1.29 is 13.9 Å². The second-order valence-electron chi connectivity index (χ2n) is 5.72. The number of rotatable bonds is 5. The molecule has 0 unspecified atom stereocenters.